The van der Waals surface area contributed by atoms with Crippen molar-refractivity contribution in [1.82, 2.24) is 14.9 Å². The molecule has 0 saturated carbocycles. The average Bonchev–Trinajstić information content (AvgIpc) is 3.20. The lowest BCUT2D eigenvalue weighted by Gasteiger charge is -2.06. The van der Waals surface area contributed by atoms with E-state index in [1.165, 1.54) is 31.4 Å². The van der Waals surface area contributed by atoms with E-state index in [1.54, 1.807) is 12.1 Å². The lowest BCUT2D eigenvalue weighted by Crippen LogP contribution is -2.25. The molecule has 168 valence electrons. The number of rotatable bonds is 9. The Morgan fingerprint density at radius 1 is 1.19 bits per heavy atom. The highest BCUT2D eigenvalue weighted by atomic mass is 32.2. The predicted octanol–water partition coefficient (Wildman–Crippen LogP) is 2.54. The Morgan fingerprint density at radius 3 is 2.56 bits per heavy atom. The summed E-state index contributed by atoms with van der Waals surface area (Å²) in [6.07, 6.45) is 0.270. The quantitative estimate of drug-likeness (QED) is 0.352. The van der Waals surface area contributed by atoms with Gasteiger partial charge in [-0.2, -0.15) is 0 Å². The van der Waals surface area contributed by atoms with E-state index in [9.17, 15) is 23.3 Å². The van der Waals surface area contributed by atoms with Crippen molar-refractivity contribution in [2.75, 3.05) is 19.0 Å². The number of anilines is 1. The molecule has 1 aromatic heterocycles. The Balaban J connectivity index is 1.59. The van der Waals surface area contributed by atoms with Gasteiger partial charge in [-0.1, -0.05) is 29.0 Å². The van der Waals surface area contributed by atoms with Crippen molar-refractivity contribution in [2.24, 2.45) is 0 Å². The zero-order valence-electron chi connectivity index (χ0n) is 17.1. The van der Waals surface area contributed by atoms with Crippen LogP contribution in [0.1, 0.15) is 20.9 Å². The standard InChI is InChI=1S/C19H19N5O6S2/c1-12-3-6-14(7-4-12)32(28,29)20-10-9-17-22-23-19(31-17)21-18(25)13-5-8-16(30-2)15(11-13)24(26)27/h3-8,11,20H,9-10H2,1-2H3,(H,21,23,25). The van der Waals surface area contributed by atoms with E-state index in [0.717, 1.165) is 23.0 Å². The number of nitro benzene ring substituents is 1. The number of amides is 1. The summed E-state index contributed by atoms with van der Waals surface area (Å²) >= 11 is 1.07. The molecule has 0 radical (unpaired) electrons. The zero-order chi connectivity index (χ0) is 23.3. The van der Waals surface area contributed by atoms with Crippen molar-refractivity contribution in [1.29, 1.82) is 0 Å². The molecular formula is C19H19N5O6S2. The smallest absolute Gasteiger partial charge is 0.311 e. The van der Waals surface area contributed by atoms with Crippen molar-refractivity contribution in [3.63, 3.8) is 0 Å². The third-order valence-corrected chi connectivity index (χ3v) is 6.66. The van der Waals surface area contributed by atoms with Gasteiger partial charge in [0.15, 0.2) is 5.75 Å². The number of nitro groups is 1. The fraction of sp³-hybridized carbons (Fsp3) is 0.211. The molecule has 1 amide bonds. The van der Waals surface area contributed by atoms with Crippen LogP contribution in [0.5, 0.6) is 5.75 Å². The van der Waals surface area contributed by atoms with Crippen LogP contribution in [0.25, 0.3) is 0 Å². The maximum absolute atomic E-state index is 12.4. The van der Waals surface area contributed by atoms with Gasteiger partial charge in [0.05, 0.1) is 16.9 Å². The molecule has 0 aliphatic heterocycles. The molecular weight excluding hydrogens is 458 g/mol. The predicted molar refractivity (Wildman–Crippen MR) is 118 cm³/mol. The van der Waals surface area contributed by atoms with Crippen LogP contribution < -0.4 is 14.8 Å². The number of nitrogens with zero attached hydrogens (tertiary/aromatic N) is 3. The van der Waals surface area contributed by atoms with Crippen LogP contribution in [0, 0.1) is 17.0 Å². The minimum Gasteiger partial charge on any atom is -0.490 e. The SMILES string of the molecule is COc1ccc(C(=O)Nc2nnc(CCNS(=O)(=O)c3ccc(C)cc3)s2)cc1[N+](=O)[O-]. The highest BCUT2D eigenvalue weighted by Gasteiger charge is 2.19. The van der Waals surface area contributed by atoms with Crippen molar-refractivity contribution >= 4 is 38.1 Å². The van der Waals surface area contributed by atoms with E-state index >= 15 is 0 Å². The third-order valence-electron chi connectivity index (χ3n) is 4.29. The minimum absolute atomic E-state index is 0.0397. The lowest BCUT2D eigenvalue weighted by atomic mass is 10.2. The van der Waals surface area contributed by atoms with Crippen LogP contribution >= 0.6 is 11.3 Å². The molecule has 1 heterocycles. The molecule has 0 aliphatic carbocycles. The van der Waals surface area contributed by atoms with E-state index in [4.69, 9.17) is 4.74 Å². The molecule has 0 unspecified atom stereocenters. The molecule has 3 rings (SSSR count). The van der Waals surface area contributed by atoms with Gasteiger partial charge in [-0.15, -0.1) is 10.2 Å². The van der Waals surface area contributed by atoms with Crippen molar-refractivity contribution in [3.05, 3.63) is 68.7 Å². The van der Waals surface area contributed by atoms with E-state index in [2.05, 4.69) is 20.2 Å². The molecule has 11 nitrogen and oxygen atoms in total. The van der Waals surface area contributed by atoms with Crippen LogP contribution in [0.3, 0.4) is 0 Å². The van der Waals surface area contributed by atoms with Crippen molar-refractivity contribution in [2.45, 2.75) is 18.2 Å². The Kier molecular flexibility index (Phi) is 7.12. The first kappa shape index (κ1) is 23.2. The van der Waals surface area contributed by atoms with Gasteiger partial charge >= 0.3 is 5.69 Å². The van der Waals surface area contributed by atoms with Crippen LogP contribution in [0.15, 0.2) is 47.4 Å². The molecule has 0 bridgehead atoms. The normalized spacial score (nSPS) is 11.2. The summed E-state index contributed by atoms with van der Waals surface area (Å²) < 4.78 is 32.0. The molecule has 2 aromatic carbocycles. The largest absolute Gasteiger partial charge is 0.490 e. The first-order valence-electron chi connectivity index (χ1n) is 9.22. The Labute approximate surface area is 187 Å². The van der Waals surface area contributed by atoms with Crippen LogP contribution in [0.2, 0.25) is 0 Å². The molecule has 2 N–H and O–H groups in total. The first-order chi connectivity index (χ1) is 15.2. The average molecular weight is 478 g/mol. The molecule has 3 aromatic rings. The molecule has 0 aliphatic rings. The Bertz CT molecular complexity index is 1240. The number of sulfonamides is 1. The van der Waals surface area contributed by atoms with Gasteiger partial charge < -0.3 is 4.74 Å². The third kappa shape index (κ3) is 5.63. The van der Waals surface area contributed by atoms with Gasteiger partial charge in [0, 0.05) is 24.6 Å². The summed E-state index contributed by atoms with van der Waals surface area (Å²) in [5.74, 6) is -0.559. The first-order valence-corrected chi connectivity index (χ1v) is 11.5. The molecule has 0 fully saturated rings. The summed E-state index contributed by atoms with van der Waals surface area (Å²) in [6, 6.07) is 10.3. The fourth-order valence-electron chi connectivity index (χ4n) is 2.64. The van der Waals surface area contributed by atoms with E-state index in [-0.39, 0.29) is 40.0 Å². The summed E-state index contributed by atoms with van der Waals surface area (Å²) in [7, 11) is -2.34. The maximum atomic E-state index is 12.4. The zero-order valence-corrected chi connectivity index (χ0v) is 18.7. The molecule has 32 heavy (non-hydrogen) atoms. The monoisotopic (exact) mass is 477 g/mol. The summed E-state index contributed by atoms with van der Waals surface area (Å²) in [5, 5.41) is 22.1. The molecule has 0 saturated heterocycles. The topological polar surface area (TPSA) is 153 Å². The summed E-state index contributed by atoms with van der Waals surface area (Å²) in [5.41, 5.74) is 0.677. The van der Waals surface area contributed by atoms with E-state index < -0.39 is 20.9 Å². The number of nitrogens with one attached hydrogen (secondary N) is 2. The van der Waals surface area contributed by atoms with Gasteiger partial charge in [-0.05, 0) is 31.2 Å². The number of ether oxygens (including phenoxy) is 1. The number of hydrogen-bond donors (Lipinski definition) is 2. The summed E-state index contributed by atoms with van der Waals surface area (Å²) in [6.45, 7) is 1.97. The number of methoxy groups -OCH3 is 1. The molecule has 0 spiro atoms. The lowest BCUT2D eigenvalue weighted by molar-refractivity contribution is -0.385. The number of carbonyl (C=O) groups excluding carboxylic acids is 1. The number of carbonyl (C=O) groups is 1. The fourth-order valence-corrected chi connectivity index (χ4v) is 4.41. The second kappa shape index (κ2) is 9.80. The van der Waals surface area contributed by atoms with Crippen LogP contribution in [-0.2, 0) is 16.4 Å². The second-order valence-corrected chi connectivity index (χ2v) is 9.39. The van der Waals surface area contributed by atoms with Crippen molar-refractivity contribution < 1.29 is 22.9 Å². The number of aryl methyl sites for hydroxylation is 1. The number of aromatic nitrogens is 2. The van der Waals surface area contributed by atoms with Crippen LogP contribution in [-0.4, -0.2) is 43.1 Å². The van der Waals surface area contributed by atoms with E-state index in [1.807, 2.05) is 6.92 Å². The van der Waals surface area contributed by atoms with Gasteiger partial charge in [-0.3, -0.25) is 20.2 Å². The Morgan fingerprint density at radius 2 is 1.91 bits per heavy atom. The molecule has 13 heteroatoms. The number of hydrogen-bond acceptors (Lipinski definition) is 9. The van der Waals surface area contributed by atoms with Crippen LogP contribution in [0.4, 0.5) is 10.8 Å². The highest BCUT2D eigenvalue weighted by Crippen LogP contribution is 2.28. The van der Waals surface area contributed by atoms with Gasteiger partial charge in [0.2, 0.25) is 15.2 Å². The highest BCUT2D eigenvalue weighted by molar-refractivity contribution is 7.89. The minimum atomic E-state index is -3.64. The molecule has 0 atom stereocenters. The van der Waals surface area contributed by atoms with Gasteiger partial charge in [0.25, 0.3) is 5.91 Å². The van der Waals surface area contributed by atoms with Gasteiger partial charge in [0.1, 0.15) is 5.01 Å². The van der Waals surface area contributed by atoms with Gasteiger partial charge in [-0.25, -0.2) is 13.1 Å². The maximum Gasteiger partial charge on any atom is 0.311 e. The van der Waals surface area contributed by atoms with E-state index in [0.29, 0.717) is 5.01 Å². The Hall–Kier alpha value is -3.42. The van der Waals surface area contributed by atoms with Crippen molar-refractivity contribution in [3.8, 4) is 5.75 Å². The number of benzene rings is 2. The second-order valence-electron chi connectivity index (χ2n) is 6.56. The summed E-state index contributed by atoms with van der Waals surface area (Å²) in [4.78, 5) is 23.0.